The van der Waals surface area contributed by atoms with E-state index in [9.17, 15) is 4.79 Å². The Kier molecular flexibility index (Phi) is 5.34. The standard InChI is InChI=1S/C14H23N3OS/c1-3-5-14-15-13(11-19-14)10-16-6-4-7-17(9-8-16)12(2)18/h11H,3-10H2,1-2H3. The smallest absolute Gasteiger partial charge is 0.219 e. The van der Waals surface area contributed by atoms with E-state index in [1.165, 1.54) is 10.7 Å². The molecule has 19 heavy (non-hydrogen) atoms. The molecule has 0 atom stereocenters. The van der Waals surface area contributed by atoms with Gasteiger partial charge in [0.15, 0.2) is 0 Å². The maximum Gasteiger partial charge on any atom is 0.219 e. The molecule has 1 aromatic rings. The van der Waals surface area contributed by atoms with Crippen LogP contribution in [0.2, 0.25) is 0 Å². The van der Waals surface area contributed by atoms with Gasteiger partial charge in [0.05, 0.1) is 10.7 Å². The van der Waals surface area contributed by atoms with Gasteiger partial charge in [-0.15, -0.1) is 11.3 Å². The fourth-order valence-electron chi connectivity index (χ4n) is 2.42. The van der Waals surface area contributed by atoms with E-state index < -0.39 is 0 Å². The molecule has 1 amide bonds. The lowest BCUT2D eigenvalue weighted by atomic mass is 10.3. The fourth-order valence-corrected chi connectivity index (χ4v) is 3.31. The van der Waals surface area contributed by atoms with Gasteiger partial charge in [0.25, 0.3) is 0 Å². The van der Waals surface area contributed by atoms with E-state index in [1.54, 1.807) is 18.3 Å². The summed E-state index contributed by atoms with van der Waals surface area (Å²) in [4.78, 5) is 20.4. The first-order valence-electron chi connectivity index (χ1n) is 7.10. The van der Waals surface area contributed by atoms with Crippen molar-refractivity contribution in [3.8, 4) is 0 Å². The highest BCUT2D eigenvalue weighted by molar-refractivity contribution is 7.09. The minimum atomic E-state index is 0.195. The van der Waals surface area contributed by atoms with Crippen molar-refractivity contribution in [2.75, 3.05) is 26.2 Å². The van der Waals surface area contributed by atoms with Crippen molar-refractivity contribution in [3.05, 3.63) is 16.1 Å². The van der Waals surface area contributed by atoms with E-state index in [-0.39, 0.29) is 5.91 Å². The topological polar surface area (TPSA) is 36.4 Å². The van der Waals surface area contributed by atoms with Gasteiger partial charge >= 0.3 is 0 Å². The molecule has 0 spiro atoms. The lowest BCUT2D eigenvalue weighted by molar-refractivity contribution is -0.128. The molecule has 5 heteroatoms. The predicted molar refractivity (Wildman–Crippen MR) is 78.3 cm³/mol. The summed E-state index contributed by atoms with van der Waals surface area (Å²) in [5.41, 5.74) is 1.18. The van der Waals surface area contributed by atoms with Crippen LogP contribution in [0, 0.1) is 0 Å². The number of aryl methyl sites for hydroxylation is 1. The lowest BCUT2D eigenvalue weighted by Gasteiger charge is -2.20. The molecular formula is C14H23N3OS. The van der Waals surface area contributed by atoms with Crippen molar-refractivity contribution in [2.24, 2.45) is 0 Å². The molecule has 2 heterocycles. The molecule has 0 bridgehead atoms. The largest absolute Gasteiger partial charge is 0.342 e. The molecule has 106 valence electrons. The van der Waals surface area contributed by atoms with Crippen LogP contribution in [0.25, 0.3) is 0 Å². The molecule has 0 aliphatic carbocycles. The number of thiazole rings is 1. The summed E-state index contributed by atoms with van der Waals surface area (Å²) in [5.74, 6) is 0.195. The summed E-state index contributed by atoms with van der Waals surface area (Å²) in [5, 5.41) is 3.43. The van der Waals surface area contributed by atoms with Crippen LogP contribution in [0.3, 0.4) is 0 Å². The van der Waals surface area contributed by atoms with Crippen LogP contribution in [-0.2, 0) is 17.8 Å². The number of hydrogen-bond acceptors (Lipinski definition) is 4. The number of aromatic nitrogens is 1. The van der Waals surface area contributed by atoms with Gasteiger partial charge in [0, 0.05) is 45.0 Å². The zero-order valence-electron chi connectivity index (χ0n) is 11.9. The van der Waals surface area contributed by atoms with Gasteiger partial charge < -0.3 is 4.90 Å². The van der Waals surface area contributed by atoms with Crippen LogP contribution in [0.4, 0.5) is 0 Å². The second kappa shape index (κ2) is 7.01. The maximum absolute atomic E-state index is 11.4. The Morgan fingerprint density at radius 1 is 1.37 bits per heavy atom. The predicted octanol–water partition coefficient (Wildman–Crippen LogP) is 2.15. The first-order valence-corrected chi connectivity index (χ1v) is 7.98. The fraction of sp³-hybridized carbons (Fsp3) is 0.714. The van der Waals surface area contributed by atoms with Gasteiger partial charge in [-0.05, 0) is 19.3 Å². The number of carbonyl (C=O) groups is 1. The Morgan fingerprint density at radius 2 is 2.21 bits per heavy atom. The van der Waals surface area contributed by atoms with Crippen molar-refractivity contribution < 1.29 is 4.79 Å². The van der Waals surface area contributed by atoms with Gasteiger partial charge in [-0.3, -0.25) is 9.69 Å². The molecule has 1 aliphatic rings. The second-order valence-corrected chi connectivity index (χ2v) is 6.06. The summed E-state index contributed by atoms with van der Waals surface area (Å²) in [6.45, 7) is 8.53. The number of hydrogen-bond donors (Lipinski definition) is 0. The normalized spacial score (nSPS) is 17.5. The van der Waals surface area contributed by atoms with Gasteiger partial charge in [-0.1, -0.05) is 6.92 Å². The highest BCUT2D eigenvalue weighted by Crippen LogP contribution is 2.14. The highest BCUT2D eigenvalue weighted by atomic mass is 32.1. The van der Waals surface area contributed by atoms with E-state index >= 15 is 0 Å². The molecule has 0 radical (unpaired) electrons. The number of amides is 1. The average molecular weight is 281 g/mol. The molecule has 1 fully saturated rings. The molecular weight excluding hydrogens is 258 g/mol. The Hall–Kier alpha value is -0.940. The summed E-state index contributed by atoms with van der Waals surface area (Å²) in [6.07, 6.45) is 3.30. The number of nitrogens with zero attached hydrogens (tertiary/aromatic N) is 3. The maximum atomic E-state index is 11.4. The molecule has 2 rings (SSSR count). The Balaban J connectivity index is 1.86. The third-order valence-corrected chi connectivity index (χ3v) is 4.44. The first-order chi connectivity index (χ1) is 9.19. The zero-order valence-corrected chi connectivity index (χ0v) is 12.7. The Morgan fingerprint density at radius 3 is 2.95 bits per heavy atom. The molecule has 1 aliphatic heterocycles. The van der Waals surface area contributed by atoms with Crippen LogP contribution in [-0.4, -0.2) is 46.9 Å². The summed E-state index contributed by atoms with van der Waals surface area (Å²) in [6, 6.07) is 0. The van der Waals surface area contributed by atoms with Gasteiger partial charge in [-0.25, -0.2) is 4.98 Å². The van der Waals surface area contributed by atoms with E-state index in [4.69, 9.17) is 0 Å². The van der Waals surface area contributed by atoms with Crippen molar-refractivity contribution in [1.29, 1.82) is 0 Å². The minimum Gasteiger partial charge on any atom is -0.342 e. The first kappa shape index (κ1) is 14.5. The van der Waals surface area contributed by atoms with Crippen LogP contribution in [0.5, 0.6) is 0 Å². The lowest BCUT2D eigenvalue weighted by Crippen LogP contribution is -2.33. The molecule has 1 aromatic heterocycles. The van der Waals surface area contributed by atoms with Crippen molar-refractivity contribution in [1.82, 2.24) is 14.8 Å². The zero-order chi connectivity index (χ0) is 13.7. The molecule has 0 unspecified atom stereocenters. The molecule has 0 aromatic carbocycles. The second-order valence-electron chi connectivity index (χ2n) is 5.12. The average Bonchev–Trinajstić information content (AvgIpc) is 2.67. The van der Waals surface area contributed by atoms with E-state index in [0.717, 1.165) is 52.0 Å². The van der Waals surface area contributed by atoms with Crippen molar-refractivity contribution in [2.45, 2.75) is 39.7 Å². The van der Waals surface area contributed by atoms with E-state index in [0.29, 0.717) is 0 Å². The molecule has 0 saturated carbocycles. The van der Waals surface area contributed by atoms with Crippen LogP contribution in [0.15, 0.2) is 5.38 Å². The van der Waals surface area contributed by atoms with Gasteiger partial charge in [-0.2, -0.15) is 0 Å². The van der Waals surface area contributed by atoms with Crippen LogP contribution < -0.4 is 0 Å². The minimum absolute atomic E-state index is 0.195. The van der Waals surface area contributed by atoms with Crippen molar-refractivity contribution >= 4 is 17.2 Å². The van der Waals surface area contributed by atoms with E-state index in [1.807, 2.05) is 4.90 Å². The molecule has 1 saturated heterocycles. The van der Waals surface area contributed by atoms with Gasteiger partial charge in [0.2, 0.25) is 5.91 Å². The van der Waals surface area contributed by atoms with Crippen molar-refractivity contribution in [3.63, 3.8) is 0 Å². The molecule has 0 N–H and O–H groups in total. The molecule has 4 nitrogen and oxygen atoms in total. The Bertz CT molecular complexity index is 419. The highest BCUT2D eigenvalue weighted by Gasteiger charge is 2.17. The summed E-state index contributed by atoms with van der Waals surface area (Å²) in [7, 11) is 0. The third-order valence-electron chi connectivity index (χ3n) is 3.48. The monoisotopic (exact) mass is 281 g/mol. The third kappa shape index (κ3) is 4.28. The summed E-state index contributed by atoms with van der Waals surface area (Å²) < 4.78 is 0. The van der Waals surface area contributed by atoms with E-state index in [2.05, 4.69) is 22.2 Å². The quantitative estimate of drug-likeness (QED) is 0.848. The summed E-state index contributed by atoms with van der Waals surface area (Å²) >= 11 is 1.77. The Labute approximate surface area is 119 Å². The van der Waals surface area contributed by atoms with Gasteiger partial charge in [0.1, 0.15) is 0 Å². The number of carbonyl (C=O) groups excluding carboxylic acids is 1. The van der Waals surface area contributed by atoms with Crippen LogP contribution in [0.1, 0.15) is 37.4 Å². The van der Waals surface area contributed by atoms with Crippen LogP contribution >= 0.6 is 11.3 Å². The number of rotatable bonds is 4. The SMILES string of the molecule is CCCc1nc(CN2CCCN(C(C)=O)CC2)cs1.